The number of hydrogen-bond donors (Lipinski definition) is 2. The van der Waals surface area contributed by atoms with E-state index in [1.807, 2.05) is 0 Å². The van der Waals surface area contributed by atoms with Gasteiger partial charge in [-0.2, -0.15) is 0 Å². The van der Waals surface area contributed by atoms with Crippen molar-refractivity contribution in [3.8, 4) is 0 Å². The molecule has 80 valence electrons. The molecule has 1 aromatic rings. The Morgan fingerprint density at radius 1 is 1.60 bits per heavy atom. The van der Waals surface area contributed by atoms with Crippen molar-refractivity contribution in [2.45, 2.75) is 0 Å². The van der Waals surface area contributed by atoms with Crippen molar-refractivity contribution in [3.05, 3.63) is 32.0 Å². The first kappa shape index (κ1) is 11.4. The van der Waals surface area contributed by atoms with E-state index >= 15 is 0 Å². The molecule has 0 saturated heterocycles. The van der Waals surface area contributed by atoms with Gasteiger partial charge in [0.05, 0.1) is 4.92 Å². The molecule has 0 spiro atoms. The van der Waals surface area contributed by atoms with Crippen molar-refractivity contribution in [1.29, 1.82) is 0 Å². The number of nitro groups is 1. The van der Waals surface area contributed by atoms with Crippen molar-refractivity contribution in [1.82, 2.24) is 0 Å². The second-order valence-electron chi connectivity index (χ2n) is 2.60. The van der Waals surface area contributed by atoms with Crippen LogP contribution in [-0.4, -0.2) is 10.8 Å². The molecular weight excluding hydrogens is 273 g/mol. The number of nitrogen functional groups attached to an aromatic ring is 1. The third kappa shape index (κ3) is 1.89. The molecule has 8 heteroatoms. The van der Waals surface area contributed by atoms with Crippen LogP contribution in [0.15, 0.2) is 10.5 Å². The number of halogens is 2. The lowest BCUT2D eigenvalue weighted by molar-refractivity contribution is -0.384. The quantitative estimate of drug-likeness (QED) is 0.480. The van der Waals surface area contributed by atoms with E-state index in [2.05, 4.69) is 15.9 Å². The fourth-order valence-corrected chi connectivity index (χ4v) is 1.62. The Morgan fingerprint density at radius 3 is 2.53 bits per heavy atom. The first-order chi connectivity index (χ1) is 6.86. The summed E-state index contributed by atoms with van der Waals surface area (Å²) >= 11 is 2.77. The maximum atomic E-state index is 13.2. The largest absolute Gasteiger partial charge is 0.392 e. The molecule has 0 aliphatic heterocycles. The van der Waals surface area contributed by atoms with E-state index in [0.29, 0.717) is 0 Å². The van der Waals surface area contributed by atoms with Gasteiger partial charge in [-0.3, -0.25) is 14.9 Å². The lowest BCUT2D eigenvalue weighted by Crippen LogP contribution is -2.17. The average molecular weight is 278 g/mol. The van der Waals surface area contributed by atoms with Gasteiger partial charge >= 0.3 is 5.69 Å². The minimum Gasteiger partial charge on any atom is -0.392 e. The van der Waals surface area contributed by atoms with Gasteiger partial charge in [0.1, 0.15) is 21.5 Å². The Morgan fingerprint density at radius 2 is 2.13 bits per heavy atom. The topological polar surface area (TPSA) is 112 Å². The molecule has 0 heterocycles. The van der Waals surface area contributed by atoms with E-state index in [-0.39, 0.29) is 4.47 Å². The Kier molecular flexibility index (Phi) is 2.89. The fraction of sp³-hybridized carbons (Fsp3) is 0. The molecule has 0 saturated carbocycles. The molecule has 6 nitrogen and oxygen atoms in total. The lowest BCUT2D eigenvalue weighted by Gasteiger charge is -2.05. The lowest BCUT2D eigenvalue weighted by atomic mass is 10.1. The van der Waals surface area contributed by atoms with Crippen LogP contribution in [0, 0.1) is 15.9 Å². The standard InChI is InChI=1S/C7H5BrFN3O3/c8-2-1-3(9)4(7(11)13)5(10)6(2)12(14)15/h1H,10H2,(H2,11,13). The number of rotatable bonds is 2. The maximum absolute atomic E-state index is 13.2. The molecule has 0 radical (unpaired) electrons. The van der Waals surface area contributed by atoms with Gasteiger partial charge in [0.2, 0.25) is 0 Å². The maximum Gasteiger partial charge on any atom is 0.307 e. The summed E-state index contributed by atoms with van der Waals surface area (Å²) in [6.45, 7) is 0. The molecule has 0 aliphatic rings. The Labute approximate surface area is 91.3 Å². The summed E-state index contributed by atoms with van der Waals surface area (Å²) in [5, 5.41) is 10.5. The number of nitrogens with two attached hydrogens (primary N) is 2. The molecule has 0 unspecified atom stereocenters. The molecule has 1 aromatic carbocycles. The Hall–Kier alpha value is -1.70. The number of benzene rings is 1. The number of anilines is 1. The number of hydrogen-bond acceptors (Lipinski definition) is 4. The van der Waals surface area contributed by atoms with Gasteiger partial charge in [-0.05, 0) is 22.0 Å². The van der Waals surface area contributed by atoms with Crippen molar-refractivity contribution >= 4 is 33.2 Å². The Bertz CT molecular complexity index is 425. The van der Waals surface area contributed by atoms with Crippen LogP contribution in [-0.2, 0) is 0 Å². The zero-order valence-corrected chi connectivity index (χ0v) is 8.75. The summed E-state index contributed by atoms with van der Waals surface area (Å²) in [7, 11) is 0. The first-order valence-electron chi connectivity index (χ1n) is 3.58. The number of carbonyl (C=O) groups excluding carboxylic acids is 1. The average Bonchev–Trinajstić information content (AvgIpc) is 1.99. The molecule has 0 fully saturated rings. The fourth-order valence-electron chi connectivity index (χ4n) is 1.06. The second kappa shape index (κ2) is 3.81. The van der Waals surface area contributed by atoms with E-state index in [9.17, 15) is 19.3 Å². The molecule has 0 aromatic heterocycles. The predicted octanol–water partition coefficient (Wildman–Crippen LogP) is 1.18. The predicted molar refractivity (Wildman–Crippen MR) is 53.7 cm³/mol. The zero-order chi connectivity index (χ0) is 11.7. The molecular formula is C7H5BrFN3O3. The van der Waals surface area contributed by atoms with Crippen LogP contribution in [0.3, 0.4) is 0 Å². The third-order valence-electron chi connectivity index (χ3n) is 1.67. The summed E-state index contributed by atoms with van der Waals surface area (Å²) in [5.41, 5.74) is 8.27. The van der Waals surface area contributed by atoms with Gasteiger partial charge in [-0.1, -0.05) is 0 Å². The molecule has 0 atom stereocenters. The van der Waals surface area contributed by atoms with E-state index in [1.165, 1.54) is 0 Å². The SMILES string of the molecule is NC(=O)c1c(F)cc(Br)c([N+](=O)[O-])c1N. The van der Waals surface area contributed by atoms with Crippen LogP contribution >= 0.6 is 15.9 Å². The highest BCUT2D eigenvalue weighted by molar-refractivity contribution is 9.10. The van der Waals surface area contributed by atoms with Crippen molar-refractivity contribution in [2.75, 3.05) is 5.73 Å². The number of amides is 1. The van der Waals surface area contributed by atoms with E-state index in [4.69, 9.17) is 11.5 Å². The summed E-state index contributed by atoms with van der Waals surface area (Å²) < 4.78 is 13.0. The highest BCUT2D eigenvalue weighted by Gasteiger charge is 2.25. The van der Waals surface area contributed by atoms with E-state index in [1.54, 1.807) is 0 Å². The van der Waals surface area contributed by atoms with Crippen LogP contribution in [0.1, 0.15) is 10.4 Å². The van der Waals surface area contributed by atoms with Crippen LogP contribution in [0.25, 0.3) is 0 Å². The van der Waals surface area contributed by atoms with Crippen LogP contribution in [0.2, 0.25) is 0 Å². The molecule has 0 aliphatic carbocycles. The summed E-state index contributed by atoms with van der Waals surface area (Å²) in [5.74, 6) is -2.15. The third-order valence-corrected chi connectivity index (χ3v) is 2.28. The highest BCUT2D eigenvalue weighted by Crippen LogP contribution is 2.35. The Balaban J connectivity index is 3.64. The van der Waals surface area contributed by atoms with Gasteiger partial charge in [-0.15, -0.1) is 0 Å². The molecule has 1 amide bonds. The smallest absolute Gasteiger partial charge is 0.307 e. The minimum absolute atomic E-state index is 0.146. The highest BCUT2D eigenvalue weighted by atomic mass is 79.9. The van der Waals surface area contributed by atoms with Gasteiger partial charge < -0.3 is 11.5 Å². The minimum atomic E-state index is -1.15. The van der Waals surface area contributed by atoms with E-state index < -0.39 is 33.6 Å². The normalized spacial score (nSPS) is 10.0. The van der Waals surface area contributed by atoms with Crippen molar-refractivity contribution < 1.29 is 14.1 Å². The number of primary amides is 1. The van der Waals surface area contributed by atoms with Gasteiger partial charge in [0.25, 0.3) is 5.91 Å². The number of nitrogens with zero attached hydrogens (tertiary/aromatic N) is 1. The zero-order valence-electron chi connectivity index (χ0n) is 7.16. The van der Waals surface area contributed by atoms with Crippen LogP contribution in [0.4, 0.5) is 15.8 Å². The molecule has 15 heavy (non-hydrogen) atoms. The van der Waals surface area contributed by atoms with Gasteiger partial charge in [0, 0.05) is 0 Å². The summed E-state index contributed by atoms with van der Waals surface area (Å²) in [6.07, 6.45) is 0. The van der Waals surface area contributed by atoms with Crippen molar-refractivity contribution in [2.24, 2.45) is 5.73 Å². The first-order valence-corrected chi connectivity index (χ1v) is 4.37. The van der Waals surface area contributed by atoms with Crippen LogP contribution < -0.4 is 11.5 Å². The van der Waals surface area contributed by atoms with Gasteiger partial charge in [-0.25, -0.2) is 4.39 Å². The van der Waals surface area contributed by atoms with Crippen LogP contribution in [0.5, 0.6) is 0 Å². The summed E-state index contributed by atoms with van der Waals surface area (Å²) in [4.78, 5) is 20.5. The molecule has 0 bridgehead atoms. The molecule has 4 N–H and O–H groups in total. The summed E-state index contributed by atoms with van der Waals surface area (Å²) in [6, 6.07) is 0.772. The van der Waals surface area contributed by atoms with Crippen molar-refractivity contribution in [3.63, 3.8) is 0 Å². The second-order valence-corrected chi connectivity index (χ2v) is 3.45. The monoisotopic (exact) mass is 277 g/mol. The van der Waals surface area contributed by atoms with E-state index in [0.717, 1.165) is 6.07 Å². The molecule has 1 rings (SSSR count). The number of carbonyl (C=O) groups is 1. The number of nitro benzene ring substituents is 1. The van der Waals surface area contributed by atoms with Gasteiger partial charge in [0.15, 0.2) is 0 Å².